The van der Waals surface area contributed by atoms with Crippen molar-refractivity contribution in [3.05, 3.63) is 76.8 Å². The summed E-state index contributed by atoms with van der Waals surface area (Å²) in [5.74, 6) is -0.520. The lowest BCUT2D eigenvalue weighted by Gasteiger charge is -2.10. The number of rotatable bonds is 4. The van der Waals surface area contributed by atoms with Crippen molar-refractivity contribution in [3.63, 3.8) is 0 Å². The molecule has 0 aliphatic rings. The summed E-state index contributed by atoms with van der Waals surface area (Å²) in [4.78, 5) is 17.0. The van der Waals surface area contributed by atoms with Gasteiger partial charge in [-0.2, -0.15) is 5.10 Å². The first-order valence-electron chi connectivity index (χ1n) is 9.07. The fourth-order valence-electron chi connectivity index (χ4n) is 3.33. The molecule has 0 saturated heterocycles. The van der Waals surface area contributed by atoms with Gasteiger partial charge in [-0.25, -0.2) is 14.1 Å². The molecular weight excluding hydrogens is 391 g/mol. The van der Waals surface area contributed by atoms with Crippen LogP contribution in [0, 0.1) is 19.7 Å². The van der Waals surface area contributed by atoms with Crippen LogP contribution in [0.25, 0.3) is 22.2 Å². The van der Waals surface area contributed by atoms with Crippen LogP contribution in [-0.4, -0.2) is 20.7 Å². The van der Waals surface area contributed by atoms with E-state index in [1.165, 1.54) is 12.1 Å². The Morgan fingerprint density at radius 3 is 2.66 bits per heavy atom. The zero-order valence-corrected chi connectivity index (χ0v) is 16.7. The molecule has 146 valence electrons. The van der Waals surface area contributed by atoms with Crippen LogP contribution in [0.5, 0.6) is 0 Å². The third-order valence-electron chi connectivity index (χ3n) is 4.80. The highest BCUT2D eigenvalue weighted by Gasteiger charge is 2.16. The molecule has 0 aliphatic heterocycles. The number of nitrogens with one attached hydrogen (secondary N) is 1. The molecule has 5 nitrogen and oxygen atoms in total. The van der Waals surface area contributed by atoms with Gasteiger partial charge in [0.05, 0.1) is 5.69 Å². The molecule has 0 saturated carbocycles. The molecule has 2 aromatic carbocycles. The molecule has 7 heteroatoms. The molecule has 0 fully saturated rings. The van der Waals surface area contributed by atoms with Gasteiger partial charge >= 0.3 is 0 Å². The Morgan fingerprint density at radius 1 is 1.14 bits per heavy atom. The monoisotopic (exact) mass is 408 g/mol. The Labute approximate surface area is 172 Å². The quantitative estimate of drug-likeness (QED) is 0.508. The number of amides is 1. The van der Waals surface area contributed by atoms with Gasteiger partial charge in [0.2, 0.25) is 5.91 Å². The van der Waals surface area contributed by atoms with Gasteiger partial charge in [-0.05, 0) is 60.9 Å². The summed E-state index contributed by atoms with van der Waals surface area (Å²) >= 11 is 6.12. The number of carbonyl (C=O) groups is 1. The molecule has 0 unspecified atom stereocenters. The molecule has 1 amide bonds. The van der Waals surface area contributed by atoms with Gasteiger partial charge in [-0.1, -0.05) is 29.8 Å². The van der Waals surface area contributed by atoms with E-state index in [-0.39, 0.29) is 18.3 Å². The number of pyridine rings is 1. The number of aryl methyl sites for hydroxylation is 1. The lowest BCUT2D eigenvalue weighted by molar-refractivity contribution is -0.116. The second kappa shape index (κ2) is 7.64. The Bertz CT molecular complexity index is 1220. The highest BCUT2D eigenvalue weighted by Crippen LogP contribution is 2.30. The topological polar surface area (TPSA) is 59.8 Å². The number of halogens is 2. The Balaban J connectivity index is 1.67. The highest BCUT2D eigenvalue weighted by atomic mass is 35.5. The van der Waals surface area contributed by atoms with Crippen molar-refractivity contribution in [1.29, 1.82) is 0 Å². The first kappa shape index (κ1) is 19.1. The van der Waals surface area contributed by atoms with Gasteiger partial charge < -0.3 is 5.32 Å². The first-order chi connectivity index (χ1) is 13.9. The molecule has 1 N–H and O–H groups in total. The van der Waals surface area contributed by atoms with Crippen molar-refractivity contribution >= 4 is 34.2 Å². The highest BCUT2D eigenvalue weighted by molar-refractivity contribution is 6.31. The minimum atomic E-state index is -0.292. The van der Waals surface area contributed by atoms with Gasteiger partial charge in [0.1, 0.15) is 12.4 Å². The van der Waals surface area contributed by atoms with Crippen LogP contribution in [0.15, 0.2) is 54.7 Å². The van der Waals surface area contributed by atoms with Crippen molar-refractivity contribution in [2.45, 2.75) is 20.4 Å². The van der Waals surface area contributed by atoms with E-state index < -0.39 is 0 Å². The molecule has 4 aromatic rings. The van der Waals surface area contributed by atoms with Crippen LogP contribution in [0.4, 0.5) is 10.1 Å². The maximum Gasteiger partial charge on any atom is 0.246 e. The van der Waals surface area contributed by atoms with Crippen molar-refractivity contribution in [2.75, 3.05) is 5.32 Å². The minimum Gasteiger partial charge on any atom is -0.324 e. The summed E-state index contributed by atoms with van der Waals surface area (Å²) in [7, 11) is 0. The molecule has 2 heterocycles. The molecule has 0 bridgehead atoms. The van der Waals surface area contributed by atoms with Gasteiger partial charge in [-0.3, -0.25) is 4.79 Å². The molecular formula is C22H18ClFN4O. The zero-order chi connectivity index (χ0) is 20.5. The average molecular weight is 409 g/mol. The van der Waals surface area contributed by atoms with E-state index in [2.05, 4.69) is 15.4 Å². The van der Waals surface area contributed by atoms with Crippen LogP contribution in [-0.2, 0) is 11.3 Å². The number of fused-ring (bicyclic) bond motifs is 1. The Hall–Kier alpha value is -3.25. The molecule has 4 rings (SSSR count). The van der Waals surface area contributed by atoms with Crippen LogP contribution < -0.4 is 5.32 Å². The molecule has 0 spiro atoms. The molecule has 0 atom stereocenters. The van der Waals surface area contributed by atoms with Crippen molar-refractivity contribution in [1.82, 2.24) is 14.8 Å². The van der Waals surface area contributed by atoms with Gasteiger partial charge in [0, 0.05) is 22.3 Å². The molecule has 29 heavy (non-hydrogen) atoms. The summed E-state index contributed by atoms with van der Waals surface area (Å²) in [6, 6.07) is 13.5. The molecule has 0 radical (unpaired) electrons. The summed E-state index contributed by atoms with van der Waals surface area (Å²) in [5, 5.41) is 8.81. The number of anilines is 1. The van der Waals surface area contributed by atoms with E-state index in [1.807, 2.05) is 19.9 Å². The lowest BCUT2D eigenvalue weighted by atomic mass is 10.0. The maximum absolute atomic E-state index is 13.3. The first-order valence-corrected chi connectivity index (χ1v) is 9.45. The van der Waals surface area contributed by atoms with E-state index in [0.717, 1.165) is 27.8 Å². The summed E-state index contributed by atoms with van der Waals surface area (Å²) < 4.78 is 14.9. The molecule has 2 aromatic heterocycles. The van der Waals surface area contributed by atoms with Crippen molar-refractivity contribution < 1.29 is 9.18 Å². The van der Waals surface area contributed by atoms with E-state index in [1.54, 1.807) is 41.2 Å². The van der Waals surface area contributed by atoms with Crippen LogP contribution in [0.2, 0.25) is 5.02 Å². The van der Waals surface area contributed by atoms with Gasteiger partial charge in [0.25, 0.3) is 0 Å². The number of carbonyl (C=O) groups excluding carboxylic acids is 1. The van der Waals surface area contributed by atoms with Crippen LogP contribution >= 0.6 is 11.6 Å². The zero-order valence-electron chi connectivity index (χ0n) is 15.9. The van der Waals surface area contributed by atoms with Crippen molar-refractivity contribution in [2.24, 2.45) is 0 Å². The average Bonchev–Trinajstić information content (AvgIpc) is 3.02. The molecule has 0 aliphatic carbocycles. The Kier molecular flexibility index (Phi) is 5.03. The van der Waals surface area contributed by atoms with Crippen LogP contribution in [0.1, 0.15) is 11.3 Å². The number of nitrogens with zero attached hydrogens (tertiary/aromatic N) is 3. The normalized spacial score (nSPS) is 11.0. The third kappa shape index (κ3) is 3.71. The summed E-state index contributed by atoms with van der Waals surface area (Å²) in [6.45, 7) is 3.73. The number of aromatic nitrogens is 3. The van der Waals surface area contributed by atoms with Gasteiger partial charge in [0.15, 0.2) is 5.65 Å². The van der Waals surface area contributed by atoms with Crippen molar-refractivity contribution in [3.8, 4) is 11.1 Å². The fourth-order valence-corrected chi connectivity index (χ4v) is 3.50. The van der Waals surface area contributed by atoms with E-state index >= 15 is 0 Å². The van der Waals surface area contributed by atoms with E-state index in [0.29, 0.717) is 16.4 Å². The number of benzene rings is 2. The third-order valence-corrected chi connectivity index (χ3v) is 5.21. The second-order valence-corrected chi connectivity index (χ2v) is 7.17. The van der Waals surface area contributed by atoms with E-state index in [4.69, 9.17) is 11.6 Å². The predicted molar refractivity (Wildman–Crippen MR) is 112 cm³/mol. The largest absolute Gasteiger partial charge is 0.324 e. The predicted octanol–water partition coefficient (Wildman–Crippen LogP) is 5.15. The fraction of sp³-hybridized carbons (Fsp3) is 0.136. The Morgan fingerprint density at radius 2 is 1.90 bits per heavy atom. The standard InChI is InChI=1S/C22H18ClFN4O/c1-13-18(23)4-3-5-19(13)26-20(29)12-28-22-21(14(2)27-28)17(10-11-25-22)15-6-8-16(24)9-7-15/h3-11H,12H2,1-2H3,(H,26,29). The SMILES string of the molecule is Cc1c(Cl)cccc1NC(=O)Cn1nc(C)c2c(-c3ccc(F)cc3)ccnc21. The summed E-state index contributed by atoms with van der Waals surface area (Å²) in [6.07, 6.45) is 1.66. The number of hydrogen-bond acceptors (Lipinski definition) is 3. The summed E-state index contributed by atoms with van der Waals surface area (Å²) in [5.41, 5.74) is 4.57. The number of hydrogen-bond donors (Lipinski definition) is 1. The van der Waals surface area contributed by atoms with Gasteiger partial charge in [-0.15, -0.1) is 0 Å². The smallest absolute Gasteiger partial charge is 0.246 e. The maximum atomic E-state index is 13.3. The second-order valence-electron chi connectivity index (χ2n) is 6.77. The van der Waals surface area contributed by atoms with Crippen LogP contribution in [0.3, 0.4) is 0 Å². The van der Waals surface area contributed by atoms with E-state index in [9.17, 15) is 9.18 Å². The minimum absolute atomic E-state index is 0.0101. The lowest BCUT2D eigenvalue weighted by Crippen LogP contribution is -2.20.